The van der Waals surface area contributed by atoms with E-state index in [2.05, 4.69) is 77.4 Å². The van der Waals surface area contributed by atoms with E-state index in [-0.39, 0.29) is 24.0 Å². The summed E-state index contributed by atoms with van der Waals surface area (Å²) in [5.41, 5.74) is 2.57. The van der Waals surface area contributed by atoms with Crippen LogP contribution in [0.4, 0.5) is 5.69 Å². The number of hydrogen-bond donors (Lipinski definition) is 2. The average molecular weight is 503 g/mol. The minimum Gasteiger partial charge on any atom is -0.378 e. The molecule has 1 heterocycles. The van der Waals surface area contributed by atoms with E-state index in [0.29, 0.717) is 12.1 Å². The number of hydrogen-bond acceptors (Lipinski definition) is 4. The maximum atomic E-state index is 5.48. The summed E-state index contributed by atoms with van der Waals surface area (Å²) >= 11 is 0. The van der Waals surface area contributed by atoms with E-state index < -0.39 is 0 Å². The zero-order valence-corrected chi connectivity index (χ0v) is 20.4. The molecular weight excluding hydrogens is 465 g/mol. The summed E-state index contributed by atoms with van der Waals surface area (Å²) < 4.78 is 5.48. The highest BCUT2D eigenvalue weighted by atomic mass is 127. The third kappa shape index (κ3) is 7.75. The van der Waals surface area contributed by atoms with Gasteiger partial charge in [0.2, 0.25) is 0 Å². The molecule has 0 bridgehead atoms. The summed E-state index contributed by atoms with van der Waals surface area (Å²) in [6.07, 6.45) is 0. The fraction of sp³-hybridized carbons (Fsp3) is 0.667. The van der Waals surface area contributed by atoms with Crippen LogP contribution in [0.15, 0.2) is 29.3 Å². The molecule has 28 heavy (non-hydrogen) atoms. The quantitative estimate of drug-likeness (QED) is 0.325. The standard InChI is InChI=1S/C21H37N5O.HI/c1-17(2)26(18(3)4)11-10-23-21(22-5)24-16-19-8-6-7-9-20(19)25-12-14-27-15-13-25;/h6-9,17-18H,10-16H2,1-5H3,(H2,22,23,24);1H. The van der Waals surface area contributed by atoms with Crippen molar-refractivity contribution in [1.82, 2.24) is 15.5 Å². The Hall–Kier alpha value is -1.06. The number of anilines is 1. The summed E-state index contributed by atoms with van der Waals surface area (Å²) in [5, 5.41) is 6.90. The van der Waals surface area contributed by atoms with Crippen LogP contribution >= 0.6 is 24.0 Å². The number of para-hydroxylation sites is 1. The molecule has 0 unspecified atom stereocenters. The maximum absolute atomic E-state index is 5.48. The summed E-state index contributed by atoms with van der Waals surface area (Å²) in [7, 11) is 1.83. The van der Waals surface area contributed by atoms with Crippen LogP contribution in [0.5, 0.6) is 0 Å². The molecule has 0 saturated carbocycles. The van der Waals surface area contributed by atoms with Crippen LogP contribution in [-0.4, -0.2) is 69.4 Å². The van der Waals surface area contributed by atoms with E-state index in [1.165, 1.54) is 11.3 Å². The van der Waals surface area contributed by atoms with E-state index in [9.17, 15) is 0 Å². The zero-order chi connectivity index (χ0) is 19.6. The molecule has 0 aliphatic carbocycles. The lowest BCUT2D eigenvalue weighted by atomic mass is 10.1. The SMILES string of the molecule is CN=C(NCCN(C(C)C)C(C)C)NCc1ccccc1N1CCOCC1.I. The maximum Gasteiger partial charge on any atom is 0.191 e. The summed E-state index contributed by atoms with van der Waals surface area (Å²) in [4.78, 5) is 9.26. The summed E-state index contributed by atoms with van der Waals surface area (Å²) in [6, 6.07) is 9.67. The van der Waals surface area contributed by atoms with Crippen molar-refractivity contribution in [3.05, 3.63) is 29.8 Å². The summed E-state index contributed by atoms with van der Waals surface area (Å²) in [6.45, 7) is 15.1. The van der Waals surface area contributed by atoms with Gasteiger partial charge in [0.15, 0.2) is 5.96 Å². The molecule has 0 atom stereocenters. The van der Waals surface area contributed by atoms with Crippen molar-refractivity contribution in [2.75, 3.05) is 51.3 Å². The van der Waals surface area contributed by atoms with Crippen molar-refractivity contribution in [3.8, 4) is 0 Å². The first kappa shape index (κ1) is 25.0. The van der Waals surface area contributed by atoms with Gasteiger partial charge in [0.05, 0.1) is 13.2 Å². The number of benzene rings is 1. The Morgan fingerprint density at radius 2 is 1.75 bits per heavy atom. The largest absolute Gasteiger partial charge is 0.378 e. The molecule has 7 heteroatoms. The number of ether oxygens (including phenoxy) is 1. The highest BCUT2D eigenvalue weighted by molar-refractivity contribution is 14.0. The molecule has 1 fully saturated rings. The first-order chi connectivity index (χ1) is 13.0. The molecule has 1 saturated heterocycles. The second-order valence-electron chi connectivity index (χ2n) is 7.51. The number of nitrogens with zero attached hydrogens (tertiary/aromatic N) is 3. The molecule has 1 aromatic rings. The van der Waals surface area contributed by atoms with Gasteiger partial charge in [0, 0.05) is 57.5 Å². The minimum absolute atomic E-state index is 0. The molecule has 0 aromatic heterocycles. The van der Waals surface area contributed by atoms with Crippen molar-refractivity contribution in [2.24, 2.45) is 4.99 Å². The monoisotopic (exact) mass is 503 g/mol. The number of halogens is 1. The van der Waals surface area contributed by atoms with E-state index in [1.54, 1.807) is 0 Å². The average Bonchev–Trinajstić information content (AvgIpc) is 2.67. The Bertz CT molecular complexity index is 580. The molecule has 2 N–H and O–H groups in total. The Morgan fingerprint density at radius 1 is 1.11 bits per heavy atom. The third-order valence-corrected chi connectivity index (χ3v) is 5.00. The smallest absolute Gasteiger partial charge is 0.191 e. The highest BCUT2D eigenvalue weighted by Crippen LogP contribution is 2.21. The van der Waals surface area contributed by atoms with Crippen LogP contribution in [0.3, 0.4) is 0 Å². The van der Waals surface area contributed by atoms with Gasteiger partial charge in [0.25, 0.3) is 0 Å². The molecule has 0 spiro atoms. The van der Waals surface area contributed by atoms with Gasteiger partial charge < -0.3 is 20.3 Å². The van der Waals surface area contributed by atoms with Crippen molar-refractivity contribution >= 4 is 35.6 Å². The minimum atomic E-state index is 0. The first-order valence-corrected chi connectivity index (χ1v) is 10.1. The number of rotatable bonds is 8. The summed E-state index contributed by atoms with van der Waals surface area (Å²) in [5.74, 6) is 0.847. The van der Waals surface area contributed by atoms with Gasteiger partial charge in [0.1, 0.15) is 0 Å². The van der Waals surface area contributed by atoms with Gasteiger partial charge in [-0.15, -0.1) is 24.0 Å². The molecule has 160 valence electrons. The van der Waals surface area contributed by atoms with E-state index >= 15 is 0 Å². The molecular formula is C21H38IN5O. The Morgan fingerprint density at radius 3 is 2.36 bits per heavy atom. The lowest BCUT2D eigenvalue weighted by Crippen LogP contribution is -2.45. The van der Waals surface area contributed by atoms with Crippen molar-refractivity contribution in [3.63, 3.8) is 0 Å². The Kier molecular flexibility index (Phi) is 11.8. The zero-order valence-electron chi connectivity index (χ0n) is 18.1. The second-order valence-corrected chi connectivity index (χ2v) is 7.51. The van der Waals surface area contributed by atoms with Gasteiger partial charge in [-0.1, -0.05) is 18.2 Å². The molecule has 1 aliphatic rings. The van der Waals surface area contributed by atoms with Gasteiger partial charge in [-0.25, -0.2) is 0 Å². The number of guanidine groups is 1. The molecule has 0 amide bonds. The van der Waals surface area contributed by atoms with E-state index in [4.69, 9.17) is 4.74 Å². The van der Waals surface area contributed by atoms with Crippen molar-refractivity contribution < 1.29 is 4.74 Å². The highest BCUT2D eigenvalue weighted by Gasteiger charge is 2.15. The van der Waals surface area contributed by atoms with Crippen LogP contribution in [0, 0.1) is 0 Å². The number of morpholine rings is 1. The van der Waals surface area contributed by atoms with Crippen LogP contribution in [0.1, 0.15) is 33.3 Å². The third-order valence-electron chi connectivity index (χ3n) is 5.00. The van der Waals surface area contributed by atoms with E-state index in [1.807, 2.05) is 7.05 Å². The molecule has 6 nitrogen and oxygen atoms in total. The van der Waals surface area contributed by atoms with Crippen molar-refractivity contribution in [2.45, 2.75) is 46.3 Å². The molecule has 1 aliphatic heterocycles. The van der Waals surface area contributed by atoms with Gasteiger partial charge in [-0.3, -0.25) is 9.89 Å². The van der Waals surface area contributed by atoms with Crippen LogP contribution < -0.4 is 15.5 Å². The van der Waals surface area contributed by atoms with Gasteiger partial charge in [-0.05, 0) is 39.3 Å². The lowest BCUT2D eigenvalue weighted by molar-refractivity contribution is 0.122. The topological polar surface area (TPSA) is 52.1 Å². The van der Waals surface area contributed by atoms with E-state index in [0.717, 1.165) is 51.9 Å². The predicted octanol–water partition coefficient (Wildman–Crippen LogP) is 2.93. The van der Waals surface area contributed by atoms with Crippen LogP contribution in [-0.2, 0) is 11.3 Å². The predicted molar refractivity (Wildman–Crippen MR) is 130 cm³/mol. The lowest BCUT2D eigenvalue weighted by Gasteiger charge is -2.31. The normalized spacial score (nSPS) is 15.1. The number of nitrogens with one attached hydrogen (secondary N) is 2. The Labute approximate surface area is 188 Å². The second kappa shape index (κ2) is 13.2. The molecule has 1 aromatic carbocycles. The fourth-order valence-electron chi connectivity index (χ4n) is 3.59. The Balaban J connectivity index is 0.00000392. The van der Waals surface area contributed by atoms with Gasteiger partial charge >= 0.3 is 0 Å². The van der Waals surface area contributed by atoms with Crippen molar-refractivity contribution in [1.29, 1.82) is 0 Å². The van der Waals surface area contributed by atoms with Crippen LogP contribution in [0.2, 0.25) is 0 Å². The first-order valence-electron chi connectivity index (χ1n) is 10.1. The molecule has 0 radical (unpaired) electrons. The fourth-order valence-corrected chi connectivity index (χ4v) is 3.59. The van der Waals surface area contributed by atoms with Gasteiger partial charge in [-0.2, -0.15) is 0 Å². The van der Waals surface area contributed by atoms with Crippen LogP contribution in [0.25, 0.3) is 0 Å². The number of aliphatic imine (C=N–C) groups is 1. The molecule has 2 rings (SSSR count).